The summed E-state index contributed by atoms with van der Waals surface area (Å²) in [6.07, 6.45) is 0.757. The molecular formula is C19H17F2N3O. The number of benzene rings is 2. The molecule has 0 fully saturated rings. The number of aromatic amines is 1. The number of rotatable bonds is 4. The second kappa shape index (κ2) is 6.27. The maximum absolute atomic E-state index is 12.7. The molecule has 0 saturated heterocycles. The summed E-state index contributed by atoms with van der Waals surface area (Å²) in [6.45, 7) is 0.440. The molecule has 1 aliphatic rings. The lowest BCUT2D eigenvalue weighted by Crippen LogP contribution is -2.22. The molecule has 1 aromatic heterocycles. The Hall–Kier alpha value is -2.76. The number of nitrogens with zero attached hydrogens (tertiary/aromatic N) is 1. The van der Waals surface area contributed by atoms with Crippen LogP contribution in [0.25, 0.3) is 11.0 Å². The van der Waals surface area contributed by atoms with E-state index in [9.17, 15) is 13.6 Å². The van der Waals surface area contributed by atoms with Crippen molar-refractivity contribution in [2.75, 3.05) is 0 Å². The standard InChI is InChI=1S/C19H17F2N3O/c20-17(21)18-23-15-7-6-14(9-16(15)24-18)19(25)22-10-11-4-5-12-2-1-3-13(12)8-11/h4-9,17H,1-3,10H2,(H,22,25)(H,23,24). The molecule has 6 heteroatoms. The van der Waals surface area contributed by atoms with E-state index in [2.05, 4.69) is 27.4 Å². The number of H-pyrrole nitrogens is 1. The van der Waals surface area contributed by atoms with Crippen molar-refractivity contribution in [2.24, 2.45) is 0 Å². The Morgan fingerprint density at radius 3 is 2.84 bits per heavy atom. The van der Waals surface area contributed by atoms with E-state index < -0.39 is 6.43 Å². The van der Waals surface area contributed by atoms with Crippen molar-refractivity contribution in [1.29, 1.82) is 0 Å². The zero-order chi connectivity index (χ0) is 17.4. The first-order chi connectivity index (χ1) is 12.1. The second-order valence-electron chi connectivity index (χ2n) is 6.29. The van der Waals surface area contributed by atoms with Gasteiger partial charge in [-0.25, -0.2) is 13.8 Å². The number of hydrogen-bond donors (Lipinski definition) is 2. The van der Waals surface area contributed by atoms with Gasteiger partial charge in [-0.05, 0) is 54.2 Å². The third-order valence-corrected chi connectivity index (χ3v) is 4.59. The molecule has 0 saturated carbocycles. The van der Waals surface area contributed by atoms with Gasteiger partial charge in [-0.2, -0.15) is 0 Å². The number of aromatic nitrogens is 2. The molecule has 128 valence electrons. The summed E-state index contributed by atoms with van der Waals surface area (Å²) in [7, 11) is 0. The Labute approximate surface area is 143 Å². The van der Waals surface area contributed by atoms with Crippen molar-refractivity contribution >= 4 is 16.9 Å². The normalized spacial score (nSPS) is 13.4. The first kappa shape index (κ1) is 15.7. The van der Waals surface area contributed by atoms with E-state index in [-0.39, 0.29) is 11.7 Å². The van der Waals surface area contributed by atoms with Gasteiger partial charge in [0.1, 0.15) is 0 Å². The van der Waals surface area contributed by atoms with Gasteiger partial charge in [0.25, 0.3) is 12.3 Å². The molecule has 4 rings (SSSR count). The number of carbonyl (C=O) groups is 1. The largest absolute Gasteiger partial charge is 0.348 e. The molecule has 25 heavy (non-hydrogen) atoms. The van der Waals surface area contributed by atoms with Crippen LogP contribution in [-0.2, 0) is 19.4 Å². The lowest BCUT2D eigenvalue weighted by Gasteiger charge is -2.07. The van der Waals surface area contributed by atoms with Gasteiger partial charge in [0.2, 0.25) is 0 Å². The molecular weight excluding hydrogens is 324 g/mol. The van der Waals surface area contributed by atoms with Crippen molar-refractivity contribution in [2.45, 2.75) is 32.2 Å². The molecule has 0 unspecified atom stereocenters. The van der Waals surface area contributed by atoms with Crippen LogP contribution in [0.15, 0.2) is 36.4 Å². The summed E-state index contributed by atoms with van der Waals surface area (Å²) in [5.41, 5.74) is 5.10. The van der Waals surface area contributed by atoms with Crippen molar-refractivity contribution in [3.05, 3.63) is 64.5 Å². The van der Waals surface area contributed by atoms with Crippen molar-refractivity contribution in [3.8, 4) is 0 Å². The molecule has 0 atom stereocenters. The number of carbonyl (C=O) groups excluding carboxylic acids is 1. The SMILES string of the molecule is O=C(NCc1ccc2c(c1)CCC2)c1ccc2nc(C(F)F)[nH]c2c1. The lowest BCUT2D eigenvalue weighted by atomic mass is 10.1. The highest BCUT2D eigenvalue weighted by Gasteiger charge is 2.15. The van der Waals surface area contributed by atoms with Gasteiger partial charge < -0.3 is 10.3 Å². The maximum atomic E-state index is 12.7. The number of imidazole rings is 1. The first-order valence-electron chi connectivity index (χ1n) is 8.27. The summed E-state index contributed by atoms with van der Waals surface area (Å²) in [5.74, 6) is -0.624. The minimum Gasteiger partial charge on any atom is -0.348 e. The predicted octanol–water partition coefficient (Wildman–Crippen LogP) is 3.92. The highest BCUT2D eigenvalue weighted by Crippen LogP contribution is 2.23. The van der Waals surface area contributed by atoms with Crippen molar-refractivity contribution < 1.29 is 13.6 Å². The van der Waals surface area contributed by atoms with Gasteiger partial charge in [-0.1, -0.05) is 18.2 Å². The maximum Gasteiger partial charge on any atom is 0.295 e. The zero-order valence-corrected chi connectivity index (χ0v) is 13.5. The van der Waals surface area contributed by atoms with Crippen LogP contribution in [0.3, 0.4) is 0 Å². The Kier molecular flexibility index (Phi) is 3.95. The van der Waals surface area contributed by atoms with Crippen LogP contribution in [-0.4, -0.2) is 15.9 Å². The van der Waals surface area contributed by atoms with E-state index >= 15 is 0 Å². The highest BCUT2D eigenvalue weighted by atomic mass is 19.3. The van der Waals surface area contributed by atoms with Crippen molar-refractivity contribution in [1.82, 2.24) is 15.3 Å². The molecule has 0 bridgehead atoms. The smallest absolute Gasteiger partial charge is 0.295 e. The molecule has 2 aromatic carbocycles. The second-order valence-corrected chi connectivity index (χ2v) is 6.29. The third kappa shape index (κ3) is 3.12. The minimum atomic E-state index is -2.66. The van der Waals surface area contributed by atoms with Crippen LogP contribution in [0.1, 0.15) is 45.7 Å². The monoisotopic (exact) mass is 341 g/mol. The zero-order valence-electron chi connectivity index (χ0n) is 13.5. The number of fused-ring (bicyclic) bond motifs is 2. The first-order valence-corrected chi connectivity index (χ1v) is 8.27. The molecule has 0 radical (unpaired) electrons. The summed E-state index contributed by atoms with van der Waals surface area (Å²) in [5, 5.41) is 2.88. The van der Waals surface area contributed by atoms with Crippen LogP contribution in [0, 0.1) is 0 Å². The lowest BCUT2D eigenvalue weighted by molar-refractivity contribution is 0.0951. The molecule has 1 amide bonds. The van der Waals surface area contributed by atoms with Gasteiger partial charge >= 0.3 is 0 Å². The van der Waals surface area contributed by atoms with Gasteiger partial charge in [-0.3, -0.25) is 4.79 Å². The number of amides is 1. The van der Waals surface area contributed by atoms with Gasteiger partial charge in [0.15, 0.2) is 5.82 Å². The molecule has 1 aliphatic carbocycles. The Bertz CT molecular complexity index is 949. The molecule has 4 nitrogen and oxygen atoms in total. The van der Waals surface area contributed by atoms with E-state index in [0.717, 1.165) is 18.4 Å². The van der Waals surface area contributed by atoms with Crippen LogP contribution in [0.5, 0.6) is 0 Å². The van der Waals surface area contributed by atoms with E-state index in [1.165, 1.54) is 17.5 Å². The Balaban J connectivity index is 1.48. The highest BCUT2D eigenvalue weighted by molar-refractivity contribution is 5.97. The quantitative estimate of drug-likeness (QED) is 0.756. The summed E-state index contributed by atoms with van der Waals surface area (Å²) in [6, 6.07) is 11.0. The van der Waals surface area contributed by atoms with E-state index in [1.807, 2.05) is 6.07 Å². The summed E-state index contributed by atoms with van der Waals surface area (Å²) >= 11 is 0. The van der Waals surface area contributed by atoms with Crippen molar-refractivity contribution in [3.63, 3.8) is 0 Å². The van der Waals surface area contributed by atoms with E-state index in [1.54, 1.807) is 18.2 Å². The fraction of sp³-hybridized carbons (Fsp3) is 0.263. The molecule has 3 aromatic rings. The minimum absolute atomic E-state index is 0.240. The Morgan fingerprint density at radius 2 is 2.00 bits per heavy atom. The van der Waals surface area contributed by atoms with E-state index in [4.69, 9.17) is 0 Å². The summed E-state index contributed by atoms with van der Waals surface area (Å²) < 4.78 is 25.4. The van der Waals surface area contributed by atoms with Crippen LogP contribution in [0.4, 0.5) is 8.78 Å². The number of hydrogen-bond acceptors (Lipinski definition) is 2. The number of halogens is 2. The summed E-state index contributed by atoms with van der Waals surface area (Å²) in [4.78, 5) is 18.7. The van der Waals surface area contributed by atoms with Gasteiger partial charge in [-0.15, -0.1) is 0 Å². The number of alkyl halides is 2. The Morgan fingerprint density at radius 1 is 1.16 bits per heavy atom. The fourth-order valence-corrected chi connectivity index (χ4v) is 3.29. The number of aryl methyl sites for hydroxylation is 2. The van der Waals surface area contributed by atoms with Gasteiger partial charge in [0, 0.05) is 12.1 Å². The van der Waals surface area contributed by atoms with Gasteiger partial charge in [0.05, 0.1) is 11.0 Å². The van der Waals surface area contributed by atoms with Crippen LogP contribution < -0.4 is 5.32 Å². The number of nitrogens with one attached hydrogen (secondary N) is 2. The third-order valence-electron chi connectivity index (χ3n) is 4.59. The average molecular weight is 341 g/mol. The fourth-order valence-electron chi connectivity index (χ4n) is 3.29. The van der Waals surface area contributed by atoms with Crippen LogP contribution in [0.2, 0.25) is 0 Å². The molecule has 2 N–H and O–H groups in total. The molecule has 0 spiro atoms. The molecule has 0 aliphatic heterocycles. The topological polar surface area (TPSA) is 57.8 Å². The van der Waals surface area contributed by atoms with Crippen LogP contribution >= 0.6 is 0 Å². The molecule has 1 heterocycles. The predicted molar refractivity (Wildman–Crippen MR) is 90.7 cm³/mol. The van der Waals surface area contributed by atoms with E-state index in [0.29, 0.717) is 23.1 Å². The average Bonchev–Trinajstić information content (AvgIpc) is 3.24.